The lowest BCUT2D eigenvalue weighted by Gasteiger charge is -2.18. The fourth-order valence-corrected chi connectivity index (χ4v) is 2.75. The molecule has 3 heteroatoms. The van der Waals surface area contributed by atoms with Gasteiger partial charge in [-0.05, 0) is 55.5 Å². The molecule has 0 aliphatic rings. The van der Waals surface area contributed by atoms with Gasteiger partial charge >= 0.3 is 0 Å². The second kappa shape index (κ2) is 6.49. The fraction of sp³-hybridized carbons (Fsp3) is 0.250. The van der Waals surface area contributed by atoms with Gasteiger partial charge in [-0.2, -0.15) is 0 Å². The molecule has 2 rings (SSSR count). The summed E-state index contributed by atoms with van der Waals surface area (Å²) in [6, 6.07) is 15.3. The summed E-state index contributed by atoms with van der Waals surface area (Å²) in [5.41, 5.74) is 3.73. The van der Waals surface area contributed by atoms with Gasteiger partial charge in [0.05, 0.1) is 0 Å². The first-order chi connectivity index (χ1) is 9.11. The van der Waals surface area contributed by atoms with E-state index in [1.54, 1.807) is 11.8 Å². The minimum Gasteiger partial charge on any atom is -0.378 e. The Bertz CT molecular complexity index is 551. The van der Waals surface area contributed by atoms with Crippen molar-refractivity contribution in [2.45, 2.75) is 24.8 Å². The molecule has 1 nitrogen and oxygen atoms in total. The molecule has 0 aromatic heterocycles. The third kappa shape index (κ3) is 3.54. The summed E-state index contributed by atoms with van der Waals surface area (Å²) in [6.45, 7) is 4.31. The highest BCUT2D eigenvalue weighted by Crippen LogP contribution is 2.27. The van der Waals surface area contributed by atoms with Gasteiger partial charge < -0.3 is 5.32 Å². The first-order valence-electron chi connectivity index (χ1n) is 6.27. The van der Waals surface area contributed by atoms with Crippen LogP contribution in [0.15, 0.2) is 51.8 Å². The Hall–Kier alpha value is -0.930. The lowest BCUT2D eigenvalue weighted by atomic mass is 10.1. The molecule has 0 saturated carbocycles. The van der Waals surface area contributed by atoms with Crippen molar-refractivity contribution >= 4 is 33.4 Å². The molecule has 1 unspecified atom stereocenters. The number of anilines is 1. The molecule has 2 aromatic rings. The summed E-state index contributed by atoms with van der Waals surface area (Å²) >= 11 is 5.34. The van der Waals surface area contributed by atoms with Crippen molar-refractivity contribution in [2.24, 2.45) is 0 Å². The number of hydrogen-bond donors (Lipinski definition) is 1. The number of benzene rings is 2. The van der Waals surface area contributed by atoms with Gasteiger partial charge in [0, 0.05) is 21.1 Å². The van der Waals surface area contributed by atoms with Crippen molar-refractivity contribution in [1.29, 1.82) is 0 Å². The highest BCUT2D eigenvalue weighted by atomic mass is 79.9. The van der Waals surface area contributed by atoms with Gasteiger partial charge in [-0.15, -0.1) is 11.8 Å². The van der Waals surface area contributed by atoms with Gasteiger partial charge in [-0.25, -0.2) is 0 Å². The monoisotopic (exact) mass is 335 g/mol. The van der Waals surface area contributed by atoms with E-state index in [1.165, 1.54) is 21.7 Å². The molecule has 0 bridgehead atoms. The van der Waals surface area contributed by atoms with Crippen LogP contribution in [-0.4, -0.2) is 6.26 Å². The Kier molecular flexibility index (Phi) is 4.94. The van der Waals surface area contributed by atoms with Crippen molar-refractivity contribution in [3.63, 3.8) is 0 Å². The van der Waals surface area contributed by atoms with Crippen LogP contribution in [-0.2, 0) is 0 Å². The summed E-state index contributed by atoms with van der Waals surface area (Å²) in [5, 5.41) is 3.57. The van der Waals surface area contributed by atoms with Gasteiger partial charge in [-0.1, -0.05) is 34.1 Å². The Morgan fingerprint density at radius 2 is 1.79 bits per heavy atom. The topological polar surface area (TPSA) is 12.0 Å². The van der Waals surface area contributed by atoms with E-state index in [0.717, 1.165) is 4.47 Å². The quantitative estimate of drug-likeness (QED) is 0.724. The minimum absolute atomic E-state index is 0.295. The maximum Gasteiger partial charge on any atom is 0.0485 e. The molecule has 0 heterocycles. The van der Waals surface area contributed by atoms with Crippen LogP contribution < -0.4 is 5.32 Å². The second-order valence-electron chi connectivity index (χ2n) is 4.55. The number of halogens is 1. The zero-order valence-corrected chi connectivity index (χ0v) is 13.8. The number of nitrogens with one attached hydrogen (secondary N) is 1. The largest absolute Gasteiger partial charge is 0.378 e. The van der Waals surface area contributed by atoms with E-state index in [9.17, 15) is 0 Å². The van der Waals surface area contributed by atoms with Gasteiger partial charge in [0.25, 0.3) is 0 Å². The number of rotatable bonds is 4. The molecule has 2 aromatic carbocycles. The summed E-state index contributed by atoms with van der Waals surface area (Å²) in [6.07, 6.45) is 2.10. The molecule has 0 aliphatic carbocycles. The zero-order chi connectivity index (χ0) is 13.8. The Balaban J connectivity index is 2.15. The molecule has 0 aliphatic heterocycles. The minimum atomic E-state index is 0.295. The van der Waals surface area contributed by atoms with Crippen LogP contribution in [0.5, 0.6) is 0 Å². The van der Waals surface area contributed by atoms with Crippen LogP contribution in [0.4, 0.5) is 5.69 Å². The van der Waals surface area contributed by atoms with E-state index >= 15 is 0 Å². The molecule has 100 valence electrons. The molecule has 0 fully saturated rings. The molecule has 0 radical (unpaired) electrons. The third-order valence-electron chi connectivity index (χ3n) is 3.26. The van der Waals surface area contributed by atoms with E-state index in [2.05, 4.69) is 83.8 Å². The number of hydrogen-bond acceptors (Lipinski definition) is 2. The van der Waals surface area contributed by atoms with E-state index in [-0.39, 0.29) is 0 Å². The standard InChI is InChI=1S/C16H18BrNS/c1-11-15(17)5-4-6-16(11)18-12(2)13-7-9-14(19-3)10-8-13/h4-10,12,18H,1-3H3. The summed E-state index contributed by atoms with van der Waals surface area (Å²) in [7, 11) is 0. The molecule has 1 atom stereocenters. The van der Waals surface area contributed by atoms with Gasteiger partial charge in [0.1, 0.15) is 0 Å². The Labute approximate surface area is 127 Å². The normalized spacial score (nSPS) is 12.2. The molecule has 19 heavy (non-hydrogen) atoms. The predicted molar refractivity (Wildman–Crippen MR) is 89.1 cm³/mol. The predicted octanol–water partition coefficient (Wildman–Crippen LogP) is 5.65. The Morgan fingerprint density at radius 3 is 2.42 bits per heavy atom. The maximum atomic E-state index is 3.57. The average molecular weight is 336 g/mol. The average Bonchev–Trinajstić information content (AvgIpc) is 2.44. The van der Waals surface area contributed by atoms with Crippen LogP contribution in [0.25, 0.3) is 0 Å². The smallest absolute Gasteiger partial charge is 0.0485 e. The van der Waals surface area contributed by atoms with Crippen molar-refractivity contribution in [1.82, 2.24) is 0 Å². The summed E-state index contributed by atoms with van der Waals surface area (Å²) < 4.78 is 1.14. The van der Waals surface area contributed by atoms with Crippen molar-refractivity contribution in [3.8, 4) is 0 Å². The Morgan fingerprint density at radius 1 is 1.11 bits per heavy atom. The molecule has 1 N–H and O–H groups in total. The first-order valence-corrected chi connectivity index (χ1v) is 8.29. The molecule has 0 spiro atoms. The van der Waals surface area contributed by atoms with E-state index in [1.807, 2.05) is 0 Å². The summed E-state index contributed by atoms with van der Waals surface area (Å²) in [5.74, 6) is 0. The fourth-order valence-electron chi connectivity index (χ4n) is 1.97. The molecular weight excluding hydrogens is 318 g/mol. The lowest BCUT2D eigenvalue weighted by molar-refractivity contribution is 0.880. The highest BCUT2D eigenvalue weighted by molar-refractivity contribution is 9.10. The van der Waals surface area contributed by atoms with Crippen LogP contribution in [0.3, 0.4) is 0 Å². The lowest BCUT2D eigenvalue weighted by Crippen LogP contribution is -2.07. The summed E-state index contributed by atoms with van der Waals surface area (Å²) in [4.78, 5) is 1.30. The van der Waals surface area contributed by atoms with E-state index in [4.69, 9.17) is 0 Å². The molecule has 0 saturated heterocycles. The molecular formula is C16H18BrNS. The highest BCUT2D eigenvalue weighted by Gasteiger charge is 2.08. The van der Waals surface area contributed by atoms with Crippen molar-refractivity contribution in [3.05, 3.63) is 58.1 Å². The zero-order valence-electron chi connectivity index (χ0n) is 11.4. The van der Waals surface area contributed by atoms with Gasteiger partial charge in [-0.3, -0.25) is 0 Å². The number of thioether (sulfide) groups is 1. The van der Waals surface area contributed by atoms with Crippen LogP contribution >= 0.6 is 27.7 Å². The SMILES string of the molecule is CSc1ccc(C(C)Nc2cccc(Br)c2C)cc1. The van der Waals surface area contributed by atoms with Crippen LogP contribution in [0, 0.1) is 6.92 Å². The second-order valence-corrected chi connectivity index (χ2v) is 6.29. The first kappa shape index (κ1) is 14.5. The van der Waals surface area contributed by atoms with Crippen molar-refractivity contribution < 1.29 is 0 Å². The van der Waals surface area contributed by atoms with Gasteiger partial charge in [0.2, 0.25) is 0 Å². The van der Waals surface area contributed by atoms with Crippen LogP contribution in [0.1, 0.15) is 24.1 Å². The van der Waals surface area contributed by atoms with Gasteiger partial charge in [0.15, 0.2) is 0 Å². The van der Waals surface area contributed by atoms with Crippen molar-refractivity contribution in [2.75, 3.05) is 11.6 Å². The van der Waals surface area contributed by atoms with Crippen LogP contribution in [0.2, 0.25) is 0 Å². The third-order valence-corrected chi connectivity index (χ3v) is 4.86. The maximum absolute atomic E-state index is 3.57. The van der Waals surface area contributed by atoms with E-state index < -0.39 is 0 Å². The molecule has 0 amide bonds. The van der Waals surface area contributed by atoms with E-state index in [0.29, 0.717) is 6.04 Å².